The van der Waals surface area contributed by atoms with Gasteiger partial charge in [-0.05, 0) is 99.3 Å². The van der Waals surface area contributed by atoms with Gasteiger partial charge in [-0.15, -0.1) is 0 Å². The quantitative estimate of drug-likeness (QED) is 0.391. The lowest BCUT2D eigenvalue weighted by atomic mass is 9.80. The summed E-state index contributed by atoms with van der Waals surface area (Å²) in [6, 6.07) is 10.3. The predicted octanol–water partition coefficient (Wildman–Crippen LogP) is 7.35. The molecule has 4 rings (SSSR count). The number of hydrogen-bond donors (Lipinski definition) is 1. The van der Waals surface area contributed by atoms with Crippen LogP contribution in [-0.2, 0) is 0 Å². The highest BCUT2D eigenvalue weighted by molar-refractivity contribution is 5.69. The molecule has 0 bridgehead atoms. The number of nitrogens with zero attached hydrogens (tertiary/aromatic N) is 2. The molecule has 2 saturated heterocycles. The van der Waals surface area contributed by atoms with Crippen LogP contribution < -0.4 is 5.73 Å². The summed E-state index contributed by atoms with van der Waals surface area (Å²) >= 11 is 0. The van der Waals surface area contributed by atoms with E-state index in [2.05, 4.69) is 29.9 Å². The predicted molar refractivity (Wildman–Crippen MR) is 151 cm³/mol. The second kappa shape index (κ2) is 11.6. The topological polar surface area (TPSA) is 32.5 Å². The van der Waals surface area contributed by atoms with E-state index in [-0.39, 0.29) is 17.6 Å². The number of piperidine rings is 2. The number of nitrogens with two attached hydrogens (primary N) is 1. The van der Waals surface area contributed by atoms with Crippen molar-refractivity contribution in [2.45, 2.75) is 58.0 Å². The van der Waals surface area contributed by atoms with Crippen molar-refractivity contribution in [1.29, 1.82) is 0 Å². The molecule has 2 aromatic rings. The van der Waals surface area contributed by atoms with Crippen LogP contribution in [0.2, 0.25) is 0 Å². The molecule has 2 aliphatic heterocycles. The van der Waals surface area contributed by atoms with E-state index in [4.69, 9.17) is 5.73 Å². The Hall–Kier alpha value is -2.73. The van der Waals surface area contributed by atoms with E-state index in [0.29, 0.717) is 52.0 Å². The maximum Gasteiger partial charge on any atom is 0.133 e. The van der Waals surface area contributed by atoms with Crippen LogP contribution in [0.25, 0.3) is 16.8 Å². The van der Waals surface area contributed by atoms with Crippen molar-refractivity contribution >= 4 is 5.70 Å². The van der Waals surface area contributed by atoms with Gasteiger partial charge in [0.15, 0.2) is 0 Å². The first kappa shape index (κ1) is 28.3. The zero-order valence-electron chi connectivity index (χ0n) is 23.1. The summed E-state index contributed by atoms with van der Waals surface area (Å²) in [5, 5.41) is 0. The Kier molecular flexibility index (Phi) is 8.61. The zero-order chi connectivity index (χ0) is 27.6. The molecule has 0 aromatic heterocycles. The van der Waals surface area contributed by atoms with Gasteiger partial charge in [0.1, 0.15) is 17.3 Å². The Labute approximate surface area is 226 Å². The van der Waals surface area contributed by atoms with Gasteiger partial charge in [0, 0.05) is 42.5 Å². The summed E-state index contributed by atoms with van der Waals surface area (Å²) < 4.78 is 44.5. The zero-order valence-corrected chi connectivity index (χ0v) is 23.1. The summed E-state index contributed by atoms with van der Waals surface area (Å²) in [4.78, 5) is 4.25. The fraction of sp³-hybridized carbons (Fsp3) is 0.500. The van der Waals surface area contributed by atoms with Crippen LogP contribution in [0, 0.1) is 23.5 Å². The fourth-order valence-electron chi connectivity index (χ4n) is 6.09. The molecule has 6 heteroatoms. The van der Waals surface area contributed by atoms with Gasteiger partial charge in [-0.1, -0.05) is 38.3 Å². The Morgan fingerprint density at radius 1 is 0.947 bits per heavy atom. The molecule has 1 unspecified atom stereocenters. The molecule has 38 heavy (non-hydrogen) atoms. The van der Waals surface area contributed by atoms with Crippen LogP contribution in [0.15, 0.2) is 55.3 Å². The summed E-state index contributed by atoms with van der Waals surface area (Å²) in [6.07, 6.45) is 3.61. The van der Waals surface area contributed by atoms with Crippen LogP contribution in [-0.4, -0.2) is 48.2 Å². The highest BCUT2D eigenvalue weighted by Gasteiger charge is 2.29. The van der Waals surface area contributed by atoms with Gasteiger partial charge in [0.05, 0.1) is 0 Å². The number of allylic oxidation sites excluding steroid dienone is 1. The van der Waals surface area contributed by atoms with Gasteiger partial charge in [0.25, 0.3) is 0 Å². The minimum atomic E-state index is -1.21. The van der Waals surface area contributed by atoms with Crippen LogP contribution in [0.4, 0.5) is 13.2 Å². The molecule has 0 spiro atoms. The molecule has 2 aromatic carbocycles. The normalized spacial score (nSPS) is 18.9. The molecular formula is C32H42F3N3. The Morgan fingerprint density at radius 3 is 2.05 bits per heavy atom. The fourth-order valence-corrected chi connectivity index (χ4v) is 6.09. The standard InChI is InChI=1S/C32H42F3N3/c1-21(24-10-14-37(15-11-24)20-32(4,5)35)28-8-6-26(18-30(28)33)27-7-9-29(31(34)19-27)23(3)38-16-12-25(13-17-38)22(2)36/h6-9,18-19,21,24-25H,2-3,10-17,20,36H2,1,4-5H3. The SMILES string of the molecule is C=C(N)C1CCN(C(=C)c2ccc(-c3ccc(C(C)C4CCN(CC(C)(C)F)CC4)c(F)c3)cc2F)CC1. The van der Waals surface area contributed by atoms with Crippen molar-refractivity contribution in [2.24, 2.45) is 17.6 Å². The second-order valence-electron chi connectivity index (χ2n) is 11.8. The highest BCUT2D eigenvalue weighted by Crippen LogP contribution is 2.36. The molecule has 2 fully saturated rings. The second-order valence-corrected chi connectivity index (χ2v) is 11.8. The van der Waals surface area contributed by atoms with Crippen LogP contribution in [0.3, 0.4) is 0 Å². The van der Waals surface area contributed by atoms with Gasteiger partial charge in [-0.2, -0.15) is 0 Å². The number of alkyl halides is 1. The molecule has 0 saturated carbocycles. The molecule has 0 radical (unpaired) electrons. The van der Waals surface area contributed by atoms with Crippen molar-refractivity contribution in [3.63, 3.8) is 0 Å². The third kappa shape index (κ3) is 6.63. The average Bonchev–Trinajstić information content (AvgIpc) is 2.87. The van der Waals surface area contributed by atoms with Crippen molar-refractivity contribution in [3.05, 3.63) is 78.0 Å². The lowest BCUT2D eigenvalue weighted by Gasteiger charge is -2.37. The molecule has 206 valence electrons. The largest absolute Gasteiger partial charge is 0.402 e. The Balaban J connectivity index is 1.41. The minimum Gasteiger partial charge on any atom is -0.402 e. The van der Waals surface area contributed by atoms with Crippen LogP contribution in [0.5, 0.6) is 0 Å². The van der Waals surface area contributed by atoms with E-state index < -0.39 is 5.67 Å². The first-order valence-electron chi connectivity index (χ1n) is 13.8. The average molecular weight is 526 g/mol. The van der Waals surface area contributed by atoms with E-state index in [9.17, 15) is 4.39 Å². The Bertz CT molecular complexity index is 1150. The summed E-state index contributed by atoms with van der Waals surface area (Å²) in [7, 11) is 0. The summed E-state index contributed by atoms with van der Waals surface area (Å²) in [5.74, 6) is 0.0885. The van der Waals surface area contributed by atoms with E-state index in [1.807, 2.05) is 18.2 Å². The number of likely N-dealkylation sites (tertiary alicyclic amines) is 2. The molecule has 0 aliphatic carbocycles. The van der Waals surface area contributed by atoms with Crippen molar-refractivity contribution < 1.29 is 13.2 Å². The Morgan fingerprint density at radius 2 is 1.53 bits per heavy atom. The van der Waals surface area contributed by atoms with E-state index in [1.165, 1.54) is 12.1 Å². The molecule has 2 heterocycles. The monoisotopic (exact) mass is 525 g/mol. The maximum atomic E-state index is 15.3. The van der Waals surface area contributed by atoms with E-state index >= 15 is 8.78 Å². The third-order valence-electron chi connectivity index (χ3n) is 8.44. The first-order chi connectivity index (χ1) is 17.9. The van der Waals surface area contributed by atoms with Crippen molar-refractivity contribution in [3.8, 4) is 11.1 Å². The molecular weight excluding hydrogens is 483 g/mol. The lowest BCUT2D eigenvalue weighted by molar-refractivity contribution is 0.0914. The summed E-state index contributed by atoms with van der Waals surface area (Å²) in [5.41, 5.74) is 8.46. The van der Waals surface area contributed by atoms with Crippen molar-refractivity contribution in [1.82, 2.24) is 9.80 Å². The number of benzene rings is 2. The van der Waals surface area contributed by atoms with E-state index in [0.717, 1.165) is 51.9 Å². The molecule has 3 nitrogen and oxygen atoms in total. The number of halogens is 3. The van der Waals surface area contributed by atoms with Gasteiger partial charge in [-0.3, -0.25) is 0 Å². The van der Waals surface area contributed by atoms with Gasteiger partial charge in [-0.25, -0.2) is 13.2 Å². The van der Waals surface area contributed by atoms with Gasteiger partial charge < -0.3 is 15.5 Å². The van der Waals surface area contributed by atoms with Gasteiger partial charge >= 0.3 is 0 Å². The minimum absolute atomic E-state index is 0.0626. The number of rotatable bonds is 8. The van der Waals surface area contributed by atoms with Gasteiger partial charge in [0.2, 0.25) is 0 Å². The molecule has 1 atom stereocenters. The third-order valence-corrected chi connectivity index (χ3v) is 8.44. The first-order valence-corrected chi connectivity index (χ1v) is 13.8. The smallest absolute Gasteiger partial charge is 0.133 e. The summed E-state index contributed by atoms with van der Waals surface area (Å²) in [6.45, 7) is 16.9. The van der Waals surface area contributed by atoms with Crippen molar-refractivity contribution in [2.75, 3.05) is 32.7 Å². The number of hydrogen-bond acceptors (Lipinski definition) is 3. The van der Waals surface area contributed by atoms with Crippen LogP contribution >= 0.6 is 0 Å². The molecule has 2 aliphatic rings. The highest BCUT2D eigenvalue weighted by atomic mass is 19.1. The molecule has 0 amide bonds. The van der Waals surface area contributed by atoms with E-state index in [1.54, 1.807) is 19.9 Å². The lowest BCUT2D eigenvalue weighted by Crippen LogP contribution is -2.41. The molecule has 2 N–H and O–H groups in total. The van der Waals surface area contributed by atoms with Crippen LogP contribution in [0.1, 0.15) is 63.5 Å². The maximum absolute atomic E-state index is 15.3.